The predicted octanol–water partition coefficient (Wildman–Crippen LogP) is 12.7. The second-order valence-corrected chi connectivity index (χ2v) is 14.2. The summed E-state index contributed by atoms with van der Waals surface area (Å²) in [5.41, 5.74) is 0. The lowest BCUT2D eigenvalue weighted by molar-refractivity contribution is -0.480. The molecule has 0 aromatic carbocycles. The summed E-state index contributed by atoms with van der Waals surface area (Å²) in [6.45, 7) is 13.7. The first-order chi connectivity index (χ1) is 19.9. The fourth-order valence-electron chi connectivity index (χ4n) is 7.73. The van der Waals surface area contributed by atoms with Crippen LogP contribution in [0.4, 0.5) is 0 Å². The van der Waals surface area contributed by atoms with Crippen LogP contribution < -0.4 is 0 Å². The summed E-state index contributed by atoms with van der Waals surface area (Å²) in [7, 11) is 0. The van der Waals surface area contributed by atoms with Gasteiger partial charge >= 0.3 is 0 Å². The molecule has 0 aliphatic carbocycles. The van der Waals surface area contributed by atoms with E-state index in [1.54, 1.807) is 0 Å². The van der Waals surface area contributed by atoms with Crippen LogP contribution in [0, 0.1) is 11.8 Å². The van der Waals surface area contributed by atoms with E-state index in [0.29, 0.717) is 24.0 Å². The molecule has 2 rings (SSSR count). The molecule has 0 radical (unpaired) electrons. The summed E-state index contributed by atoms with van der Waals surface area (Å²) < 4.78 is 21.0. The zero-order chi connectivity index (χ0) is 29.8. The summed E-state index contributed by atoms with van der Waals surface area (Å²) in [6.07, 6.45) is 34.5. The molecule has 6 atom stereocenters. The third kappa shape index (κ3) is 13.2. The molecule has 0 N–H and O–H groups in total. The predicted molar refractivity (Wildman–Crippen MR) is 177 cm³/mol. The van der Waals surface area contributed by atoms with Crippen molar-refractivity contribution in [2.45, 2.75) is 232 Å². The highest BCUT2D eigenvalue weighted by Gasteiger charge is 2.60. The minimum absolute atomic E-state index is 0.300. The first kappa shape index (κ1) is 37.1. The van der Waals surface area contributed by atoms with Gasteiger partial charge in [-0.1, -0.05) is 156 Å². The van der Waals surface area contributed by atoms with Crippen molar-refractivity contribution >= 4 is 0 Å². The lowest BCUT2D eigenvalue weighted by Gasteiger charge is -2.60. The summed E-state index contributed by atoms with van der Waals surface area (Å²) in [6, 6.07) is 0. The van der Waals surface area contributed by atoms with Gasteiger partial charge in [-0.3, -0.25) is 0 Å². The van der Waals surface area contributed by atoms with Gasteiger partial charge in [0, 0.05) is 24.7 Å². The Balaban J connectivity index is 2.15. The third-order valence-electron chi connectivity index (χ3n) is 10.2. The van der Waals surface area contributed by atoms with Crippen LogP contribution in [0.1, 0.15) is 208 Å². The van der Waals surface area contributed by atoms with Gasteiger partial charge in [-0.2, -0.15) is 0 Å². The summed E-state index contributed by atoms with van der Waals surface area (Å²) in [5.74, 6) is 0.122. The molecule has 0 aromatic rings. The normalized spacial score (nSPS) is 27.4. The maximum atomic E-state index is 7.42. The molecule has 2 aliphatic rings. The Kier molecular flexibility index (Phi) is 19.5. The molecule has 2 fully saturated rings. The first-order valence-electron chi connectivity index (χ1n) is 19.0. The van der Waals surface area contributed by atoms with Crippen molar-refractivity contribution in [1.29, 1.82) is 0 Å². The average Bonchev–Trinajstić information content (AvgIpc) is 2.92. The van der Waals surface area contributed by atoms with E-state index in [1.807, 2.05) is 0 Å². The first-order valence-corrected chi connectivity index (χ1v) is 19.0. The maximum Gasteiger partial charge on any atom is 0.177 e. The van der Waals surface area contributed by atoms with Gasteiger partial charge in [0.25, 0.3) is 0 Å². The molecule has 0 amide bonds. The van der Waals surface area contributed by atoms with Gasteiger partial charge in [0.15, 0.2) is 11.6 Å². The van der Waals surface area contributed by atoms with E-state index < -0.39 is 11.6 Å². The van der Waals surface area contributed by atoms with Crippen molar-refractivity contribution in [3.63, 3.8) is 0 Å². The number of rotatable bonds is 28. The highest BCUT2D eigenvalue weighted by Crippen LogP contribution is 2.53. The molecular weight excluding hydrogens is 504 g/mol. The van der Waals surface area contributed by atoms with E-state index in [0.717, 1.165) is 12.8 Å². The van der Waals surface area contributed by atoms with Crippen molar-refractivity contribution in [2.24, 2.45) is 11.8 Å². The molecule has 0 bridgehead atoms. The van der Waals surface area contributed by atoms with Crippen molar-refractivity contribution in [2.75, 3.05) is 0 Å². The SMILES string of the molecule is CCCCCCCCC(CCCCCC)C1(OC2(C(CCCCCC)CCCCCCCC)CC(C)O2)CC(C)O1. The molecule has 0 spiro atoms. The fraction of sp³-hybridized carbons (Fsp3) is 1.00. The number of hydrogen-bond donors (Lipinski definition) is 0. The van der Waals surface area contributed by atoms with Gasteiger partial charge in [-0.15, -0.1) is 0 Å². The minimum atomic E-state index is -0.433. The van der Waals surface area contributed by atoms with Crippen molar-refractivity contribution in [3.05, 3.63) is 0 Å². The average molecular weight is 579 g/mol. The second kappa shape index (κ2) is 21.6. The van der Waals surface area contributed by atoms with Crippen LogP contribution in [-0.2, 0) is 14.2 Å². The summed E-state index contributed by atoms with van der Waals surface area (Å²) >= 11 is 0. The van der Waals surface area contributed by atoms with E-state index in [9.17, 15) is 0 Å². The Morgan fingerprint density at radius 1 is 0.463 bits per heavy atom. The van der Waals surface area contributed by atoms with Gasteiger partial charge in [0.05, 0.1) is 12.2 Å². The van der Waals surface area contributed by atoms with E-state index in [4.69, 9.17) is 14.2 Å². The molecule has 244 valence electrons. The molecule has 2 saturated heterocycles. The van der Waals surface area contributed by atoms with E-state index in [-0.39, 0.29) is 0 Å². The number of ether oxygens (including phenoxy) is 3. The van der Waals surface area contributed by atoms with Gasteiger partial charge < -0.3 is 14.2 Å². The molecule has 0 saturated carbocycles. The Bertz CT molecular complexity index is 555. The van der Waals surface area contributed by atoms with Crippen LogP contribution >= 0.6 is 0 Å². The van der Waals surface area contributed by atoms with Gasteiger partial charge in [0.1, 0.15) is 0 Å². The van der Waals surface area contributed by atoms with E-state index in [2.05, 4.69) is 41.5 Å². The van der Waals surface area contributed by atoms with Gasteiger partial charge in [0.2, 0.25) is 0 Å². The molecule has 3 heteroatoms. The van der Waals surface area contributed by atoms with Crippen molar-refractivity contribution < 1.29 is 14.2 Å². The smallest absolute Gasteiger partial charge is 0.177 e. The van der Waals surface area contributed by atoms with Crippen LogP contribution in [0.15, 0.2) is 0 Å². The lowest BCUT2D eigenvalue weighted by atomic mass is 9.78. The monoisotopic (exact) mass is 579 g/mol. The van der Waals surface area contributed by atoms with Gasteiger partial charge in [-0.25, -0.2) is 0 Å². The van der Waals surface area contributed by atoms with Crippen LogP contribution in [0.2, 0.25) is 0 Å². The van der Waals surface area contributed by atoms with Crippen LogP contribution in [0.25, 0.3) is 0 Å². The van der Waals surface area contributed by atoms with Crippen molar-refractivity contribution in [3.8, 4) is 0 Å². The molecule has 2 aliphatic heterocycles. The quantitative estimate of drug-likeness (QED) is 0.0864. The zero-order valence-corrected chi connectivity index (χ0v) is 28.9. The Morgan fingerprint density at radius 3 is 0.976 bits per heavy atom. The maximum absolute atomic E-state index is 7.42. The van der Waals surface area contributed by atoms with Crippen LogP contribution in [0.3, 0.4) is 0 Å². The Morgan fingerprint density at radius 2 is 0.707 bits per heavy atom. The topological polar surface area (TPSA) is 27.7 Å². The second-order valence-electron chi connectivity index (χ2n) is 14.2. The van der Waals surface area contributed by atoms with Crippen LogP contribution in [0.5, 0.6) is 0 Å². The zero-order valence-electron chi connectivity index (χ0n) is 28.9. The molecule has 2 heterocycles. The summed E-state index contributed by atoms with van der Waals surface area (Å²) in [5, 5.41) is 0. The number of hydrogen-bond acceptors (Lipinski definition) is 3. The Labute approximate surface area is 258 Å². The van der Waals surface area contributed by atoms with Crippen LogP contribution in [-0.4, -0.2) is 23.8 Å². The standard InChI is InChI=1S/C38H74O3/c1-7-11-15-19-21-25-29-35(27-23-17-13-9-3)37(31-33(5)39-37)41-38(32-34(6)40-38)36(28-24-18-14-10-4)30-26-22-20-16-12-8-2/h33-36H,7-32H2,1-6H3. The summed E-state index contributed by atoms with van der Waals surface area (Å²) in [4.78, 5) is 0. The molecule has 6 unspecified atom stereocenters. The highest BCUT2D eigenvalue weighted by atomic mass is 16.8. The Hall–Kier alpha value is -0.120. The lowest BCUT2D eigenvalue weighted by Crippen LogP contribution is -2.66. The third-order valence-corrected chi connectivity index (χ3v) is 10.2. The fourth-order valence-corrected chi connectivity index (χ4v) is 7.73. The largest absolute Gasteiger partial charge is 0.346 e. The highest BCUT2D eigenvalue weighted by molar-refractivity contribution is 4.98. The molecule has 41 heavy (non-hydrogen) atoms. The van der Waals surface area contributed by atoms with E-state index >= 15 is 0 Å². The van der Waals surface area contributed by atoms with E-state index in [1.165, 1.54) is 154 Å². The van der Waals surface area contributed by atoms with Gasteiger partial charge in [-0.05, 0) is 39.5 Å². The minimum Gasteiger partial charge on any atom is -0.346 e. The number of unbranched alkanes of at least 4 members (excludes halogenated alkanes) is 16. The molecular formula is C38H74O3. The molecule has 3 nitrogen and oxygen atoms in total. The molecule has 0 aromatic heterocycles. The van der Waals surface area contributed by atoms with Crippen molar-refractivity contribution in [1.82, 2.24) is 0 Å².